The number of carbonyl (C=O) groups excluding carboxylic acids is 2. The Morgan fingerprint density at radius 2 is 1.83 bits per heavy atom. The van der Waals surface area contributed by atoms with Gasteiger partial charge in [-0.1, -0.05) is 24.6 Å². The van der Waals surface area contributed by atoms with Crippen molar-refractivity contribution in [2.75, 3.05) is 12.4 Å². The number of ketones is 2. The van der Waals surface area contributed by atoms with Crippen molar-refractivity contribution in [1.82, 2.24) is 0 Å². The molecular weight excluding hydrogens is 370 g/mol. The second kappa shape index (κ2) is 7.21. The third-order valence-corrected chi connectivity index (χ3v) is 8.82. The van der Waals surface area contributed by atoms with E-state index in [9.17, 15) is 9.59 Å². The highest BCUT2D eigenvalue weighted by Gasteiger charge is 2.57. The first-order valence-corrected chi connectivity index (χ1v) is 11.7. The van der Waals surface area contributed by atoms with Gasteiger partial charge in [0.2, 0.25) is 0 Å². The quantitative estimate of drug-likeness (QED) is 0.690. The number of benzene rings is 1. The first kappa shape index (κ1) is 19.8. The lowest BCUT2D eigenvalue weighted by atomic mass is 9.51. The Kier molecular flexibility index (Phi) is 4.76. The molecule has 4 aliphatic carbocycles. The Morgan fingerprint density at radius 1 is 1.07 bits per heavy atom. The van der Waals surface area contributed by atoms with Crippen LogP contribution in [0.1, 0.15) is 70.3 Å². The number of fused-ring (bicyclic) bond motifs is 4. The minimum Gasteiger partial charge on any atom is -0.388 e. The summed E-state index contributed by atoms with van der Waals surface area (Å²) in [6, 6.07) is 8.89. The smallest absolute Gasteiger partial charge is 0.156 e. The van der Waals surface area contributed by atoms with E-state index in [0.29, 0.717) is 35.7 Å². The molecule has 0 aliphatic heterocycles. The van der Waals surface area contributed by atoms with Crippen molar-refractivity contribution in [3.8, 4) is 0 Å². The molecule has 2 fully saturated rings. The molecule has 0 saturated heterocycles. The Bertz CT molecular complexity index is 954. The summed E-state index contributed by atoms with van der Waals surface area (Å²) in [5.74, 6) is 2.37. The molecule has 0 radical (unpaired) electrons. The van der Waals surface area contributed by atoms with Gasteiger partial charge in [-0.25, -0.2) is 0 Å². The first-order valence-electron chi connectivity index (χ1n) is 11.7. The molecule has 30 heavy (non-hydrogen) atoms. The standard InChI is InChI=1S/C27H33NO2/c1-16(29)24-12-13-25-22-10-6-18-14-20(30)9-11-21(18)26(22)23(15-27(24,25)2)17-4-7-19(28-3)8-5-17/h4-5,7-8,14,22-25,28H,6,9-13,15H2,1-3H3/t22-,23+,24+,25-,27+/m0/s1. The first-order chi connectivity index (χ1) is 14.4. The summed E-state index contributed by atoms with van der Waals surface area (Å²) in [6.07, 6.45) is 8.92. The topological polar surface area (TPSA) is 46.2 Å². The minimum atomic E-state index is 0.0820. The molecule has 0 aromatic heterocycles. The van der Waals surface area contributed by atoms with E-state index in [1.165, 1.54) is 23.1 Å². The zero-order valence-corrected chi connectivity index (χ0v) is 18.5. The summed E-state index contributed by atoms with van der Waals surface area (Å²) >= 11 is 0. The Balaban J connectivity index is 1.66. The maximum Gasteiger partial charge on any atom is 0.156 e. The van der Waals surface area contributed by atoms with Crippen LogP contribution < -0.4 is 5.32 Å². The summed E-state index contributed by atoms with van der Waals surface area (Å²) < 4.78 is 0. The number of hydrogen-bond donors (Lipinski definition) is 1. The van der Waals surface area contributed by atoms with Crippen molar-refractivity contribution >= 4 is 17.3 Å². The molecule has 5 atom stereocenters. The fourth-order valence-electron chi connectivity index (χ4n) is 7.51. The molecular formula is C27H33NO2. The maximum atomic E-state index is 12.6. The third-order valence-electron chi connectivity index (χ3n) is 8.82. The highest BCUT2D eigenvalue weighted by Crippen LogP contribution is 2.65. The number of nitrogens with one attached hydrogen (secondary N) is 1. The van der Waals surface area contributed by atoms with E-state index in [1.807, 2.05) is 13.1 Å². The van der Waals surface area contributed by atoms with E-state index in [2.05, 4.69) is 36.5 Å². The van der Waals surface area contributed by atoms with E-state index < -0.39 is 0 Å². The predicted molar refractivity (Wildman–Crippen MR) is 120 cm³/mol. The number of rotatable bonds is 3. The van der Waals surface area contributed by atoms with Crippen LogP contribution in [0.5, 0.6) is 0 Å². The minimum absolute atomic E-state index is 0.0820. The largest absolute Gasteiger partial charge is 0.388 e. The van der Waals surface area contributed by atoms with Gasteiger partial charge in [-0.15, -0.1) is 0 Å². The Labute approximate surface area is 180 Å². The maximum absolute atomic E-state index is 12.6. The van der Waals surface area contributed by atoms with Gasteiger partial charge in [0.15, 0.2) is 5.78 Å². The summed E-state index contributed by atoms with van der Waals surface area (Å²) in [7, 11) is 1.95. The number of anilines is 1. The second-order valence-electron chi connectivity index (χ2n) is 10.2. The molecule has 0 unspecified atom stereocenters. The zero-order valence-electron chi connectivity index (χ0n) is 18.5. The van der Waals surface area contributed by atoms with E-state index >= 15 is 0 Å². The molecule has 5 rings (SSSR count). The second-order valence-corrected chi connectivity index (χ2v) is 10.2. The van der Waals surface area contributed by atoms with Gasteiger partial charge in [0.1, 0.15) is 5.78 Å². The van der Waals surface area contributed by atoms with Crippen molar-refractivity contribution in [1.29, 1.82) is 0 Å². The molecule has 0 bridgehead atoms. The van der Waals surface area contributed by atoms with Crippen molar-refractivity contribution < 1.29 is 9.59 Å². The number of allylic oxidation sites excluding steroid dienone is 4. The van der Waals surface area contributed by atoms with Crippen LogP contribution in [0, 0.1) is 23.2 Å². The molecule has 1 aromatic rings. The van der Waals surface area contributed by atoms with Crippen LogP contribution in [-0.2, 0) is 9.59 Å². The zero-order chi connectivity index (χ0) is 21.0. The summed E-state index contributed by atoms with van der Waals surface area (Å²) in [5, 5.41) is 3.23. The van der Waals surface area contributed by atoms with E-state index in [1.54, 1.807) is 12.5 Å². The molecule has 3 heteroatoms. The van der Waals surface area contributed by atoms with Crippen molar-refractivity contribution in [2.45, 2.75) is 64.7 Å². The van der Waals surface area contributed by atoms with E-state index in [-0.39, 0.29) is 11.3 Å². The molecule has 1 aromatic carbocycles. The molecule has 2 saturated carbocycles. The van der Waals surface area contributed by atoms with Gasteiger partial charge < -0.3 is 5.32 Å². The van der Waals surface area contributed by atoms with Gasteiger partial charge in [-0.3, -0.25) is 9.59 Å². The molecule has 0 spiro atoms. The molecule has 4 aliphatic rings. The average molecular weight is 404 g/mol. The molecule has 0 heterocycles. The average Bonchev–Trinajstić information content (AvgIpc) is 3.10. The Morgan fingerprint density at radius 3 is 2.53 bits per heavy atom. The van der Waals surface area contributed by atoms with E-state index in [4.69, 9.17) is 0 Å². The van der Waals surface area contributed by atoms with Crippen LogP contribution in [0.2, 0.25) is 0 Å². The van der Waals surface area contributed by atoms with Crippen LogP contribution in [0.15, 0.2) is 47.1 Å². The molecule has 3 nitrogen and oxygen atoms in total. The van der Waals surface area contributed by atoms with Crippen molar-refractivity contribution in [3.63, 3.8) is 0 Å². The van der Waals surface area contributed by atoms with E-state index in [0.717, 1.165) is 37.8 Å². The number of hydrogen-bond acceptors (Lipinski definition) is 3. The van der Waals surface area contributed by atoms with Gasteiger partial charge in [0.25, 0.3) is 0 Å². The van der Waals surface area contributed by atoms with Crippen LogP contribution in [-0.4, -0.2) is 18.6 Å². The lowest BCUT2D eigenvalue weighted by Gasteiger charge is -2.52. The Hall–Kier alpha value is -2.16. The summed E-state index contributed by atoms with van der Waals surface area (Å²) in [4.78, 5) is 24.7. The van der Waals surface area contributed by atoms with Gasteiger partial charge in [0.05, 0.1) is 0 Å². The lowest BCUT2D eigenvalue weighted by Crippen LogP contribution is -2.44. The van der Waals surface area contributed by atoms with Gasteiger partial charge in [0, 0.05) is 31.0 Å². The predicted octanol–water partition coefficient (Wildman–Crippen LogP) is 5.83. The van der Waals surface area contributed by atoms with Crippen LogP contribution >= 0.6 is 0 Å². The van der Waals surface area contributed by atoms with Crippen LogP contribution in [0.4, 0.5) is 5.69 Å². The lowest BCUT2D eigenvalue weighted by molar-refractivity contribution is -0.125. The SMILES string of the molecule is CNc1ccc([C@H]2C[C@]3(C)[C@@H](C(C)=O)CC[C@H]3[C@@H]3CCC4=CC(=O)CCC4=C32)cc1. The number of Topliss-reactive ketones (excluding diaryl/α,β-unsaturated/α-hetero) is 1. The van der Waals surface area contributed by atoms with Gasteiger partial charge in [-0.05, 0) is 97.6 Å². The highest BCUT2D eigenvalue weighted by molar-refractivity contribution is 5.93. The molecule has 0 amide bonds. The molecule has 1 N–H and O–H groups in total. The van der Waals surface area contributed by atoms with Crippen LogP contribution in [0.25, 0.3) is 0 Å². The van der Waals surface area contributed by atoms with Gasteiger partial charge >= 0.3 is 0 Å². The fraction of sp³-hybridized carbons (Fsp3) is 0.556. The third kappa shape index (κ3) is 2.92. The summed E-state index contributed by atoms with van der Waals surface area (Å²) in [5.41, 5.74) is 6.99. The monoisotopic (exact) mass is 403 g/mol. The molecule has 158 valence electrons. The fourth-order valence-corrected chi connectivity index (χ4v) is 7.51. The van der Waals surface area contributed by atoms with Gasteiger partial charge in [-0.2, -0.15) is 0 Å². The van der Waals surface area contributed by atoms with Crippen LogP contribution in [0.3, 0.4) is 0 Å². The number of carbonyl (C=O) groups is 2. The normalized spacial score (nSPS) is 35.3. The summed E-state index contributed by atoms with van der Waals surface area (Å²) in [6.45, 7) is 4.21. The van der Waals surface area contributed by atoms with Crippen molar-refractivity contribution in [2.24, 2.45) is 23.2 Å². The highest BCUT2D eigenvalue weighted by atomic mass is 16.1. The van der Waals surface area contributed by atoms with Crippen molar-refractivity contribution in [3.05, 3.63) is 52.6 Å².